The van der Waals surface area contributed by atoms with E-state index in [1.807, 2.05) is 18.2 Å². The van der Waals surface area contributed by atoms with Crippen LogP contribution in [0.3, 0.4) is 0 Å². The van der Waals surface area contributed by atoms with Crippen molar-refractivity contribution in [3.63, 3.8) is 0 Å². The van der Waals surface area contributed by atoms with E-state index in [1.165, 1.54) is 5.56 Å². The Morgan fingerprint density at radius 1 is 1.33 bits per heavy atom. The second-order valence-corrected chi connectivity index (χ2v) is 3.41. The lowest BCUT2D eigenvalue weighted by molar-refractivity contribution is 0.0695. The van der Waals surface area contributed by atoms with Gasteiger partial charge in [0.15, 0.2) is 0 Å². The van der Waals surface area contributed by atoms with Crippen LogP contribution in [0.4, 0.5) is 0 Å². The van der Waals surface area contributed by atoms with Crippen molar-refractivity contribution in [1.29, 1.82) is 0 Å². The molecule has 0 heterocycles. The van der Waals surface area contributed by atoms with Gasteiger partial charge in [-0.05, 0) is 12.5 Å². The summed E-state index contributed by atoms with van der Waals surface area (Å²) >= 11 is 3.36. The molecule has 2 heteroatoms. The van der Waals surface area contributed by atoms with Gasteiger partial charge in [-0.25, -0.2) is 0 Å². The van der Waals surface area contributed by atoms with E-state index in [9.17, 15) is 0 Å². The van der Waals surface area contributed by atoms with Crippen LogP contribution in [0.5, 0.6) is 0 Å². The van der Waals surface area contributed by atoms with E-state index in [2.05, 4.69) is 35.0 Å². The van der Waals surface area contributed by atoms with E-state index in [-0.39, 0.29) is 6.10 Å². The monoisotopic (exact) mass is 228 g/mol. The molecule has 0 aliphatic rings. The maximum absolute atomic E-state index is 5.53. The molecule has 0 bridgehead atoms. The normalized spacial score (nSPS) is 12.8. The molecule has 1 aromatic carbocycles. The fourth-order valence-corrected chi connectivity index (χ4v) is 1.04. The lowest BCUT2D eigenvalue weighted by atomic mass is 10.2. The Labute approximate surface area is 81.9 Å². The first-order valence-electron chi connectivity index (χ1n) is 4.04. The zero-order valence-electron chi connectivity index (χ0n) is 7.16. The molecule has 0 aliphatic heterocycles. The van der Waals surface area contributed by atoms with Crippen molar-refractivity contribution in [3.8, 4) is 0 Å². The summed E-state index contributed by atoms with van der Waals surface area (Å²) in [4.78, 5) is 0. The highest BCUT2D eigenvalue weighted by molar-refractivity contribution is 9.09. The first-order valence-corrected chi connectivity index (χ1v) is 5.16. The van der Waals surface area contributed by atoms with Gasteiger partial charge in [-0.1, -0.05) is 46.3 Å². The van der Waals surface area contributed by atoms with Crippen LogP contribution < -0.4 is 0 Å². The van der Waals surface area contributed by atoms with Gasteiger partial charge in [0.05, 0.1) is 12.7 Å². The van der Waals surface area contributed by atoms with E-state index in [0.29, 0.717) is 6.61 Å². The molecule has 0 aromatic heterocycles. The van der Waals surface area contributed by atoms with E-state index in [1.54, 1.807) is 0 Å². The van der Waals surface area contributed by atoms with Crippen molar-refractivity contribution in [2.75, 3.05) is 5.33 Å². The third-order valence-corrected chi connectivity index (χ3v) is 2.51. The first kappa shape index (κ1) is 9.75. The molecule has 0 spiro atoms. The second kappa shape index (κ2) is 5.33. The Hall–Kier alpha value is -0.340. The second-order valence-electron chi connectivity index (χ2n) is 2.76. The standard InChI is InChI=1S/C10H13BrO/c1-9(7-11)12-8-10-5-3-2-4-6-10/h2-6,9H,7-8H2,1H3. The van der Waals surface area contributed by atoms with Crippen LogP contribution in [0.2, 0.25) is 0 Å². The summed E-state index contributed by atoms with van der Waals surface area (Å²) in [5.41, 5.74) is 1.23. The smallest absolute Gasteiger partial charge is 0.0720 e. The molecule has 1 aromatic rings. The molecule has 0 aliphatic carbocycles. The van der Waals surface area contributed by atoms with E-state index in [4.69, 9.17) is 4.74 Å². The number of hydrogen-bond donors (Lipinski definition) is 0. The first-order chi connectivity index (χ1) is 5.83. The van der Waals surface area contributed by atoms with Gasteiger partial charge in [0.2, 0.25) is 0 Å². The molecule has 0 fully saturated rings. The Kier molecular flexibility index (Phi) is 4.33. The maximum atomic E-state index is 5.53. The molecule has 1 atom stereocenters. The largest absolute Gasteiger partial charge is 0.373 e. The van der Waals surface area contributed by atoms with E-state index in [0.717, 1.165) is 5.33 Å². The molecular weight excluding hydrogens is 216 g/mol. The zero-order valence-corrected chi connectivity index (χ0v) is 8.75. The molecule has 1 nitrogen and oxygen atoms in total. The predicted molar refractivity (Wildman–Crippen MR) is 54.5 cm³/mol. The summed E-state index contributed by atoms with van der Waals surface area (Å²) < 4.78 is 5.53. The van der Waals surface area contributed by atoms with Crippen molar-refractivity contribution in [2.45, 2.75) is 19.6 Å². The Bertz CT molecular complexity index is 210. The molecule has 1 unspecified atom stereocenters. The summed E-state index contributed by atoms with van der Waals surface area (Å²) in [6.45, 7) is 2.76. The van der Waals surface area contributed by atoms with Crippen LogP contribution in [-0.2, 0) is 11.3 Å². The quantitative estimate of drug-likeness (QED) is 0.721. The molecule has 12 heavy (non-hydrogen) atoms. The Morgan fingerprint density at radius 2 is 2.00 bits per heavy atom. The number of ether oxygens (including phenoxy) is 1. The van der Waals surface area contributed by atoms with Crippen molar-refractivity contribution in [1.82, 2.24) is 0 Å². The van der Waals surface area contributed by atoms with Gasteiger partial charge in [0, 0.05) is 5.33 Å². The summed E-state index contributed by atoms with van der Waals surface area (Å²) in [6, 6.07) is 10.2. The van der Waals surface area contributed by atoms with E-state index >= 15 is 0 Å². The highest BCUT2D eigenvalue weighted by Crippen LogP contribution is 2.04. The van der Waals surface area contributed by atoms with Gasteiger partial charge in [0.25, 0.3) is 0 Å². The van der Waals surface area contributed by atoms with E-state index < -0.39 is 0 Å². The fourth-order valence-electron chi connectivity index (χ4n) is 0.857. The maximum Gasteiger partial charge on any atom is 0.0720 e. The number of alkyl halides is 1. The number of halogens is 1. The Morgan fingerprint density at radius 3 is 2.58 bits per heavy atom. The van der Waals surface area contributed by atoms with Gasteiger partial charge in [-0.15, -0.1) is 0 Å². The predicted octanol–water partition coefficient (Wildman–Crippen LogP) is 2.99. The van der Waals surface area contributed by atoms with Crippen molar-refractivity contribution >= 4 is 15.9 Å². The fraction of sp³-hybridized carbons (Fsp3) is 0.400. The zero-order chi connectivity index (χ0) is 8.81. The van der Waals surface area contributed by atoms with Crippen molar-refractivity contribution < 1.29 is 4.74 Å². The Balaban J connectivity index is 2.33. The molecule has 1 rings (SSSR count). The third kappa shape index (κ3) is 3.37. The lowest BCUT2D eigenvalue weighted by Crippen LogP contribution is -2.08. The highest BCUT2D eigenvalue weighted by Gasteiger charge is 1.98. The number of benzene rings is 1. The molecule has 0 radical (unpaired) electrons. The minimum atomic E-state index is 0.283. The van der Waals surface area contributed by atoms with Crippen LogP contribution in [-0.4, -0.2) is 11.4 Å². The summed E-state index contributed by atoms with van der Waals surface area (Å²) in [7, 11) is 0. The average Bonchev–Trinajstić information content (AvgIpc) is 2.16. The van der Waals surface area contributed by atoms with Crippen LogP contribution >= 0.6 is 15.9 Å². The number of rotatable bonds is 4. The van der Waals surface area contributed by atoms with Crippen molar-refractivity contribution in [3.05, 3.63) is 35.9 Å². The van der Waals surface area contributed by atoms with Crippen molar-refractivity contribution in [2.24, 2.45) is 0 Å². The van der Waals surface area contributed by atoms with Gasteiger partial charge in [0.1, 0.15) is 0 Å². The molecule has 0 N–H and O–H groups in total. The topological polar surface area (TPSA) is 9.23 Å². The van der Waals surface area contributed by atoms with Crippen LogP contribution in [0.15, 0.2) is 30.3 Å². The minimum Gasteiger partial charge on any atom is -0.373 e. The van der Waals surface area contributed by atoms with Crippen LogP contribution in [0.25, 0.3) is 0 Å². The van der Waals surface area contributed by atoms with Gasteiger partial charge >= 0.3 is 0 Å². The molecule has 0 saturated heterocycles. The van der Waals surface area contributed by atoms with Gasteiger partial charge in [-0.2, -0.15) is 0 Å². The van der Waals surface area contributed by atoms with Gasteiger partial charge < -0.3 is 4.74 Å². The highest BCUT2D eigenvalue weighted by atomic mass is 79.9. The molecule has 0 saturated carbocycles. The molecule has 66 valence electrons. The molecular formula is C10H13BrO. The average molecular weight is 229 g/mol. The SMILES string of the molecule is CC(CBr)OCc1ccccc1. The van der Waals surface area contributed by atoms with Gasteiger partial charge in [-0.3, -0.25) is 0 Å². The third-order valence-electron chi connectivity index (χ3n) is 1.59. The minimum absolute atomic E-state index is 0.283. The molecule has 0 amide bonds. The number of hydrogen-bond acceptors (Lipinski definition) is 1. The summed E-state index contributed by atoms with van der Waals surface area (Å²) in [6.07, 6.45) is 0.283. The summed E-state index contributed by atoms with van der Waals surface area (Å²) in [5, 5.41) is 0.889. The van der Waals surface area contributed by atoms with Crippen LogP contribution in [0, 0.1) is 0 Å². The van der Waals surface area contributed by atoms with Crippen LogP contribution in [0.1, 0.15) is 12.5 Å². The summed E-state index contributed by atoms with van der Waals surface area (Å²) in [5.74, 6) is 0. The lowest BCUT2D eigenvalue weighted by Gasteiger charge is -2.09.